The largest absolute Gasteiger partial charge is 0.359 e. The number of aryl methyl sites for hydroxylation is 1. The van der Waals surface area contributed by atoms with Crippen molar-refractivity contribution >= 4 is 29.1 Å². The first-order chi connectivity index (χ1) is 10.1. The summed E-state index contributed by atoms with van der Waals surface area (Å²) in [6, 6.07) is 1.65. The molecule has 0 spiro atoms. The van der Waals surface area contributed by atoms with Crippen LogP contribution in [0, 0.1) is 6.92 Å². The molecule has 0 aliphatic carbocycles. The second-order valence-electron chi connectivity index (χ2n) is 4.61. The van der Waals surface area contributed by atoms with Gasteiger partial charge in [0.1, 0.15) is 5.01 Å². The molecule has 1 N–H and O–H groups in total. The predicted molar refractivity (Wildman–Crippen MR) is 84.3 cm³/mol. The molecule has 0 aliphatic heterocycles. The van der Waals surface area contributed by atoms with Gasteiger partial charge in [0, 0.05) is 24.2 Å². The summed E-state index contributed by atoms with van der Waals surface area (Å²) in [6.45, 7) is 2.67. The van der Waals surface area contributed by atoms with Crippen molar-refractivity contribution in [1.82, 2.24) is 20.4 Å². The lowest BCUT2D eigenvalue weighted by atomic mass is 10.4. The number of nitrogens with zero attached hydrogens (tertiary/aromatic N) is 3. The summed E-state index contributed by atoms with van der Waals surface area (Å²) in [5.41, 5.74) is 1.70. The van der Waals surface area contributed by atoms with Crippen molar-refractivity contribution in [2.24, 2.45) is 0 Å². The molecule has 8 heteroatoms. The van der Waals surface area contributed by atoms with Gasteiger partial charge in [-0.05, 0) is 13.2 Å². The fourth-order valence-corrected chi connectivity index (χ4v) is 3.23. The molecule has 6 nitrogen and oxygen atoms in total. The summed E-state index contributed by atoms with van der Waals surface area (Å²) in [5.74, 6) is 1.57. The van der Waals surface area contributed by atoms with Crippen molar-refractivity contribution in [2.45, 2.75) is 25.8 Å². The van der Waals surface area contributed by atoms with Gasteiger partial charge >= 0.3 is 6.03 Å². The molecule has 0 saturated carbocycles. The zero-order valence-electron chi connectivity index (χ0n) is 12.3. The summed E-state index contributed by atoms with van der Waals surface area (Å²) in [4.78, 5) is 18.0. The van der Waals surface area contributed by atoms with Gasteiger partial charge < -0.3 is 14.7 Å². The molecule has 0 radical (unpaired) electrons. The smallest absolute Gasteiger partial charge is 0.317 e. The molecule has 0 bridgehead atoms. The maximum atomic E-state index is 12.0. The first-order valence-electron chi connectivity index (χ1n) is 6.42. The van der Waals surface area contributed by atoms with Gasteiger partial charge in [-0.1, -0.05) is 5.16 Å². The molecular weight excluding hydrogens is 308 g/mol. The molecule has 2 aromatic rings. The van der Waals surface area contributed by atoms with Gasteiger partial charge in [-0.15, -0.1) is 11.3 Å². The van der Waals surface area contributed by atoms with Crippen LogP contribution in [0.2, 0.25) is 0 Å². The van der Waals surface area contributed by atoms with Crippen LogP contribution in [-0.2, 0) is 18.8 Å². The van der Waals surface area contributed by atoms with Crippen molar-refractivity contribution in [1.29, 1.82) is 0 Å². The number of thioether (sulfide) groups is 1. The summed E-state index contributed by atoms with van der Waals surface area (Å²) in [5, 5.41) is 9.70. The monoisotopic (exact) mass is 326 g/mol. The van der Waals surface area contributed by atoms with Crippen molar-refractivity contribution < 1.29 is 9.32 Å². The van der Waals surface area contributed by atoms with E-state index in [9.17, 15) is 4.79 Å². The molecule has 21 heavy (non-hydrogen) atoms. The maximum Gasteiger partial charge on any atom is 0.317 e. The molecule has 0 unspecified atom stereocenters. The van der Waals surface area contributed by atoms with Crippen LogP contribution in [0.15, 0.2) is 16.0 Å². The fraction of sp³-hybridized carbons (Fsp3) is 0.462. The molecule has 2 rings (SSSR count). The van der Waals surface area contributed by atoms with E-state index in [0.717, 1.165) is 22.1 Å². The molecule has 0 aliphatic rings. The Balaban J connectivity index is 1.80. The number of hydrogen-bond acceptors (Lipinski definition) is 6. The average molecular weight is 326 g/mol. The Hall–Kier alpha value is -1.54. The number of carbonyl (C=O) groups excluding carboxylic acids is 1. The lowest BCUT2D eigenvalue weighted by Gasteiger charge is -2.15. The van der Waals surface area contributed by atoms with Crippen molar-refractivity contribution in [2.75, 3.05) is 13.3 Å². The van der Waals surface area contributed by atoms with Gasteiger partial charge in [0.15, 0.2) is 5.76 Å². The molecule has 0 fully saturated rings. The van der Waals surface area contributed by atoms with Crippen LogP contribution in [0.3, 0.4) is 0 Å². The standard InChI is InChI=1S/C13H18N4O2S2/c1-9-4-11(19-16-9)6-17(2)13(18)14-5-10-7-21-12(15-10)8-20-3/h4,7H,5-6,8H2,1-3H3,(H,14,18). The minimum atomic E-state index is -0.163. The van der Waals surface area contributed by atoms with Gasteiger partial charge in [-0.3, -0.25) is 0 Å². The Morgan fingerprint density at radius 3 is 3.05 bits per heavy atom. The third-order valence-electron chi connectivity index (χ3n) is 2.70. The Morgan fingerprint density at radius 2 is 2.38 bits per heavy atom. The highest BCUT2D eigenvalue weighted by molar-refractivity contribution is 7.97. The van der Waals surface area contributed by atoms with E-state index in [4.69, 9.17) is 4.52 Å². The zero-order chi connectivity index (χ0) is 15.2. The Kier molecular flexibility index (Phi) is 5.63. The van der Waals surface area contributed by atoms with Crippen LogP contribution in [-0.4, -0.2) is 34.4 Å². The first kappa shape index (κ1) is 15.8. The van der Waals surface area contributed by atoms with Gasteiger partial charge in [-0.25, -0.2) is 9.78 Å². The highest BCUT2D eigenvalue weighted by Crippen LogP contribution is 2.15. The van der Waals surface area contributed by atoms with Crippen molar-refractivity contribution in [3.05, 3.63) is 33.6 Å². The van der Waals surface area contributed by atoms with E-state index < -0.39 is 0 Å². The van der Waals surface area contributed by atoms with Gasteiger partial charge in [0.2, 0.25) is 0 Å². The Labute approximate surface area is 131 Å². The number of amides is 2. The molecule has 2 amide bonds. The quantitative estimate of drug-likeness (QED) is 0.883. The van der Waals surface area contributed by atoms with E-state index in [-0.39, 0.29) is 6.03 Å². The van der Waals surface area contributed by atoms with Crippen molar-refractivity contribution in [3.63, 3.8) is 0 Å². The maximum absolute atomic E-state index is 12.0. The lowest BCUT2D eigenvalue weighted by Crippen LogP contribution is -2.36. The van der Waals surface area contributed by atoms with E-state index >= 15 is 0 Å². The van der Waals surface area contributed by atoms with Crippen LogP contribution in [0.1, 0.15) is 22.2 Å². The summed E-state index contributed by atoms with van der Waals surface area (Å²) < 4.78 is 5.09. The van der Waals surface area contributed by atoms with E-state index in [0.29, 0.717) is 18.8 Å². The number of urea groups is 1. The summed E-state index contributed by atoms with van der Waals surface area (Å²) >= 11 is 3.36. The second-order valence-corrected chi connectivity index (χ2v) is 6.42. The average Bonchev–Trinajstić information content (AvgIpc) is 3.06. The van der Waals surface area contributed by atoms with E-state index in [2.05, 4.69) is 15.5 Å². The normalized spacial score (nSPS) is 10.6. The summed E-state index contributed by atoms with van der Waals surface area (Å²) in [6.07, 6.45) is 2.04. The van der Waals surface area contributed by atoms with Gasteiger partial charge in [0.05, 0.1) is 24.5 Å². The van der Waals surface area contributed by atoms with E-state index in [1.807, 2.05) is 24.6 Å². The van der Waals surface area contributed by atoms with Crippen LogP contribution in [0.25, 0.3) is 0 Å². The number of nitrogens with one attached hydrogen (secondary N) is 1. The third-order valence-corrected chi connectivity index (χ3v) is 4.35. The number of carbonyl (C=O) groups is 1. The van der Waals surface area contributed by atoms with E-state index in [1.165, 1.54) is 0 Å². The topological polar surface area (TPSA) is 71.3 Å². The van der Waals surface area contributed by atoms with Crippen LogP contribution in [0.5, 0.6) is 0 Å². The minimum Gasteiger partial charge on any atom is -0.359 e. The highest BCUT2D eigenvalue weighted by Gasteiger charge is 2.12. The molecule has 0 saturated heterocycles. The van der Waals surface area contributed by atoms with Gasteiger partial charge in [-0.2, -0.15) is 11.8 Å². The lowest BCUT2D eigenvalue weighted by molar-refractivity contribution is 0.200. The molecule has 2 heterocycles. The predicted octanol–water partition coefficient (Wildman–Crippen LogP) is 2.64. The highest BCUT2D eigenvalue weighted by atomic mass is 32.2. The summed E-state index contributed by atoms with van der Waals surface area (Å²) in [7, 11) is 1.72. The van der Waals surface area contributed by atoms with E-state index in [1.54, 1.807) is 35.0 Å². The molecule has 0 atom stereocenters. The van der Waals surface area contributed by atoms with Crippen LogP contribution >= 0.6 is 23.1 Å². The SMILES string of the molecule is CSCc1nc(CNC(=O)N(C)Cc2cc(C)no2)cs1. The minimum absolute atomic E-state index is 0.163. The zero-order valence-corrected chi connectivity index (χ0v) is 13.9. The Morgan fingerprint density at radius 1 is 1.57 bits per heavy atom. The Bertz CT molecular complexity index is 597. The molecule has 114 valence electrons. The number of hydrogen-bond donors (Lipinski definition) is 1. The number of thiazole rings is 1. The third kappa shape index (κ3) is 4.75. The molecule has 0 aromatic carbocycles. The van der Waals surface area contributed by atoms with Gasteiger partial charge in [0.25, 0.3) is 0 Å². The second kappa shape index (κ2) is 7.46. The number of rotatable bonds is 6. The first-order valence-corrected chi connectivity index (χ1v) is 8.69. The number of aromatic nitrogens is 2. The van der Waals surface area contributed by atoms with Crippen molar-refractivity contribution in [3.8, 4) is 0 Å². The molecule has 2 aromatic heterocycles. The van der Waals surface area contributed by atoms with Crippen LogP contribution < -0.4 is 5.32 Å². The van der Waals surface area contributed by atoms with Crippen LogP contribution in [0.4, 0.5) is 4.79 Å². The fourth-order valence-electron chi connectivity index (χ4n) is 1.72. The molecular formula is C13H18N4O2S2.